The van der Waals surface area contributed by atoms with E-state index in [-0.39, 0.29) is 35.6 Å². The number of unbranched alkanes of at least 4 members (excludes halogenated alkanes) is 1. The van der Waals surface area contributed by atoms with Crippen LogP contribution in [0.25, 0.3) is 0 Å². The first-order valence-electron chi connectivity index (χ1n) is 24.8. The maximum Gasteiger partial charge on any atom is 0.407 e. The zero-order chi connectivity index (χ0) is 45.5. The average molecular weight is 875 g/mol. The van der Waals surface area contributed by atoms with Gasteiger partial charge in [0.05, 0.1) is 6.04 Å². The summed E-state index contributed by atoms with van der Waals surface area (Å²) in [6.07, 6.45) is 17.9. The molecule has 0 unspecified atom stereocenters. The fraction of sp³-hybridized carbons (Fsp3) is 0.769. The minimum Gasteiger partial charge on any atom is -0.508 e. The van der Waals surface area contributed by atoms with E-state index in [1.807, 2.05) is 20.8 Å². The number of aromatic hydroxyl groups is 1. The quantitative estimate of drug-likeness (QED) is 0.0556. The van der Waals surface area contributed by atoms with Crippen molar-refractivity contribution in [1.29, 1.82) is 0 Å². The minimum absolute atomic E-state index is 0.108. The van der Waals surface area contributed by atoms with Crippen molar-refractivity contribution in [2.75, 3.05) is 13.1 Å². The molecule has 0 bridgehead atoms. The smallest absolute Gasteiger partial charge is 0.407 e. The average Bonchev–Trinajstić information content (AvgIpc) is 3.89. The molecule has 4 aliphatic carbocycles. The fourth-order valence-electron chi connectivity index (χ4n) is 12.8. The van der Waals surface area contributed by atoms with E-state index in [0.717, 1.165) is 67.9 Å². The van der Waals surface area contributed by atoms with Gasteiger partial charge in [0, 0.05) is 19.4 Å². The number of phenolic OH excluding ortho intramolecular Hbond substituents is 1. The number of allylic oxidation sites excluding steroid dienone is 1. The molecule has 3 saturated carbocycles. The summed E-state index contributed by atoms with van der Waals surface area (Å²) in [5.74, 6) is 3.45. The number of phenols is 1. The largest absolute Gasteiger partial charge is 0.508 e. The predicted molar refractivity (Wildman–Crippen MR) is 248 cm³/mol. The zero-order valence-corrected chi connectivity index (χ0v) is 40.0. The second-order valence-corrected chi connectivity index (χ2v) is 22.2. The van der Waals surface area contributed by atoms with Gasteiger partial charge in [-0.3, -0.25) is 9.59 Å². The highest BCUT2D eigenvalue weighted by Gasteiger charge is 2.59. The van der Waals surface area contributed by atoms with Gasteiger partial charge in [-0.15, -0.1) is 0 Å². The van der Waals surface area contributed by atoms with E-state index in [1.54, 1.807) is 24.3 Å². The van der Waals surface area contributed by atoms with Gasteiger partial charge < -0.3 is 35.8 Å². The molecule has 0 spiro atoms. The van der Waals surface area contributed by atoms with Crippen LogP contribution in [-0.4, -0.2) is 71.9 Å². The van der Waals surface area contributed by atoms with E-state index in [9.17, 15) is 24.3 Å². The molecule has 63 heavy (non-hydrogen) atoms. The summed E-state index contributed by atoms with van der Waals surface area (Å²) in [7, 11) is 0. The molecule has 1 aliphatic heterocycles. The molecule has 1 heterocycles. The Morgan fingerprint density at radius 3 is 2.33 bits per heavy atom. The predicted octanol–water partition coefficient (Wildman–Crippen LogP) is 9.30. The van der Waals surface area contributed by atoms with Crippen molar-refractivity contribution in [1.82, 2.24) is 21.3 Å². The number of nitrogens with one attached hydrogen (secondary N) is 4. The summed E-state index contributed by atoms with van der Waals surface area (Å²) < 4.78 is 11.8. The molecule has 6 rings (SSSR count). The van der Waals surface area contributed by atoms with Gasteiger partial charge in [0.2, 0.25) is 11.8 Å². The number of benzene rings is 1. The lowest BCUT2D eigenvalue weighted by molar-refractivity contribution is -0.155. The van der Waals surface area contributed by atoms with Gasteiger partial charge in [0.25, 0.3) is 0 Å². The molecule has 0 aromatic heterocycles. The molecule has 4 fully saturated rings. The van der Waals surface area contributed by atoms with Crippen LogP contribution in [0.15, 0.2) is 35.9 Å². The minimum atomic E-state index is -0.954. The molecular formula is C52H82N4O7. The third kappa shape index (κ3) is 12.4. The molecule has 5 aliphatic rings. The molecular weight excluding hydrogens is 793 g/mol. The molecule has 11 heteroatoms. The van der Waals surface area contributed by atoms with Gasteiger partial charge in [0.1, 0.15) is 29.5 Å². The second-order valence-electron chi connectivity index (χ2n) is 22.2. The van der Waals surface area contributed by atoms with Gasteiger partial charge in [-0.05, 0) is 168 Å². The van der Waals surface area contributed by atoms with Gasteiger partial charge in [-0.2, -0.15) is 0 Å². The van der Waals surface area contributed by atoms with Crippen LogP contribution in [0.4, 0.5) is 4.79 Å². The van der Waals surface area contributed by atoms with Gasteiger partial charge >= 0.3 is 12.1 Å². The first kappa shape index (κ1) is 48.8. The Hall–Kier alpha value is -3.60. The normalized spacial score (nSPS) is 30.5. The molecule has 3 amide bonds. The lowest BCUT2D eigenvalue weighted by atomic mass is 9.47. The van der Waals surface area contributed by atoms with Gasteiger partial charge in [0.15, 0.2) is 0 Å². The van der Waals surface area contributed by atoms with Crippen LogP contribution in [0.3, 0.4) is 0 Å². The van der Waals surface area contributed by atoms with Crippen LogP contribution in [0.5, 0.6) is 5.75 Å². The Morgan fingerprint density at radius 2 is 1.63 bits per heavy atom. The number of hydrogen-bond donors (Lipinski definition) is 5. The molecule has 1 aromatic carbocycles. The van der Waals surface area contributed by atoms with E-state index in [4.69, 9.17) is 9.47 Å². The second kappa shape index (κ2) is 21.1. The van der Waals surface area contributed by atoms with Crippen molar-refractivity contribution in [3.05, 3.63) is 41.5 Å². The maximum atomic E-state index is 14.3. The first-order valence-corrected chi connectivity index (χ1v) is 24.8. The van der Waals surface area contributed by atoms with E-state index >= 15 is 0 Å². The lowest BCUT2D eigenvalue weighted by Crippen LogP contribution is -2.55. The monoisotopic (exact) mass is 875 g/mol. The SMILES string of the molecule is CC(C)CCC[C@@H](C)[C@H]1CC[C@H]2[C@@H]3CC=C4C[C@@H](OC(=O)[C@H](CCCCNC(=O)OC(C)(C)C)NC(=O)[C@H](Cc5ccc(O)cc5)NC(=O)[C@@H]5CCCN5)CC[C@]4(C)[C@H]3CC[C@]12C. The summed E-state index contributed by atoms with van der Waals surface area (Å²) in [6.45, 7) is 18.9. The molecule has 5 N–H and O–H groups in total. The summed E-state index contributed by atoms with van der Waals surface area (Å²) in [5.41, 5.74) is 2.13. The number of hydrogen-bond acceptors (Lipinski definition) is 8. The van der Waals surface area contributed by atoms with Crippen molar-refractivity contribution in [3.8, 4) is 5.75 Å². The molecule has 352 valence electrons. The van der Waals surface area contributed by atoms with Crippen LogP contribution in [-0.2, 0) is 30.3 Å². The number of carbonyl (C=O) groups is 4. The number of rotatable bonds is 18. The van der Waals surface area contributed by atoms with Crippen molar-refractivity contribution in [3.63, 3.8) is 0 Å². The lowest BCUT2D eigenvalue weighted by Gasteiger charge is -2.58. The highest BCUT2D eigenvalue weighted by molar-refractivity contribution is 5.92. The van der Waals surface area contributed by atoms with E-state index in [2.05, 4.69) is 62.0 Å². The molecule has 1 aromatic rings. The van der Waals surface area contributed by atoms with Crippen LogP contribution in [0.1, 0.15) is 164 Å². The third-order valence-corrected chi connectivity index (χ3v) is 16.1. The Labute approximate surface area is 378 Å². The Balaban J connectivity index is 1.11. The summed E-state index contributed by atoms with van der Waals surface area (Å²) in [6, 6.07) is 4.28. The number of fused-ring (bicyclic) bond motifs is 5. The number of esters is 1. The van der Waals surface area contributed by atoms with Crippen LogP contribution >= 0.6 is 0 Å². The van der Waals surface area contributed by atoms with E-state index in [1.165, 1.54) is 50.5 Å². The van der Waals surface area contributed by atoms with Crippen molar-refractivity contribution < 1.29 is 33.8 Å². The zero-order valence-electron chi connectivity index (χ0n) is 40.0. The fourth-order valence-corrected chi connectivity index (χ4v) is 12.8. The van der Waals surface area contributed by atoms with Crippen LogP contribution in [0, 0.1) is 46.3 Å². The number of ether oxygens (including phenoxy) is 2. The maximum absolute atomic E-state index is 14.3. The van der Waals surface area contributed by atoms with E-state index in [0.29, 0.717) is 49.5 Å². The standard InChI is InChI=1S/C52H82N4O7/c1-33(2)13-11-14-34(3)40-23-24-41-39-22-19-36-32-38(25-27-51(36,7)42(39)26-28-52(40,41)8)62-48(60)44(15-9-10-29-54-49(61)63-50(4,5)6)55-47(59)45(31-35-17-20-37(57)21-18-35)56-46(58)43-16-12-30-53-43/h17-21,33-34,38-45,53,57H,9-16,22-32H2,1-8H3,(H,54,61)(H,55,59)(H,56,58)/t34-,38+,39+,40-,41+,42+,43+,44+,45+,51+,52-/m1/s1. The topological polar surface area (TPSA) is 155 Å². The Bertz CT molecular complexity index is 1750. The summed E-state index contributed by atoms with van der Waals surface area (Å²) in [4.78, 5) is 54.1. The van der Waals surface area contributed by atoms with Crippen LogP contribution in [0.2, 0.25) is 0 Å². The third-order valence-electron chi connectivity index (χ3n) is 16.1. The first-order chi connectivity index (χ1) is 29.9. The number of alkyl carbamates (subject to hydrolysis) is 1. The van der Waals surface area contributed by atoms with Crippen LogP contribution < -0.4 is 21.3 Å². The highest BCUT2D eigenvalue weighted by atomic mass is 16.6. The number of carbonyl (C=O) groups excluding carboxylic acids is 4. The number of amides is 3. The summed E-state index contributed by atoms with van der Waals surface area (Å²) >= 11 is 0. The van der Waals surface area contributed by atoms with E-state index < -0.39 is 35.7 Å². The van der Waals surface area contributed by atoms with Crippen molar-refractivity contribution >= 4 is 23.9 Å². The summed E-state index contributed by atoms with van der Waals surface area (Å²) in [5, 5.41) is 21.8. The highest BCUT2D eigenvalue weighted by Crippen LogP contribution is 2.67. The molecule has 1 saturated heterocycles. The van der Waals surface area contributed by atoms with Crippen molar-refractivity contribution in [2.45, 2.75) is 194 Å². The molecule has 11 atom stereocenters. The van der Waals surface area contributed by atoms with Gasteiger partial charge in [-0.1, -0.05) is 77.7 Å². The Kier molecular flexibility index (Phi) is 16.4. The molecule has 11 nitrogen and oxygen atoms in total. The van der Waals surface area contributed by atoms with Gasteiger partial charge in [-0.25, -0.2) is 9.59 Å². The van der Waals surface area contributed by atoms with Crippen molar-refractivity contribution in [2.24, 2.45) is 46.3 Å². The Morgan fingerprint density at radius 1 is 0.873 bits per heavy atom. The molecule has 0 radical (unpaired) electrons.